The van der Waals surface area contributed by atoms with Crippen LogP contribution in [-0.4, -0.2) is 79.0 Å². The normalized spacial score (nSPS) is 11.0. The Morgan fingerprint density at radius 1 is 1.32 bits per heavy atom. The van der Waals surface area contributed by atoms with Crippen LogP contribution < -0.4 is 5.73 Å². The first kappa shape index (κ1) is 21.9. The van der Waals surface area contributed by atoms with Gasteiger partial charge in [0.1, 0.15) is 5.69 Å². The van der Waals surface area contributed by atoms with Gasteiger partial charge < -0.3 is 20.3 Å². The van der Waals surface area contributed by atoms with E-state index < -0.39 is 5.97 Å². The van der Waals surface area contributed by atoms with E-state index in [-0.39, 0.29) is 12.3 Å². The van der Waals surface area contributed by atoms with Crippen molar-refractivity contribution in [1.29, 1.82) is 0 Å². The van der Waals surface area contributed by atoms with Gasteiger partial charge in [0.05, 0.1) is 26.0 Å². The predicted octanol–water partition coefficient (Wildman–Crippen LogP) is 0.761. The molecule has 0 bridgehead atoms. The monoisotopic (exact) mass is 371 g/mol. The molecular formula is C17H29N3O4S. The average Bonchev–Trinajstić information content (AvgIpc) is 2.63. The zero-order valence-corrected chi connectivity index (χ0v) is 15.7. The van der Waals surface area contributed by atoms with E-state index in [1.807, 2.05) is 22.7 Å². The Morgan fingerprint density at radius 3 is 2.88 bits per heavy atom. The molecule has 0 radical (unpaired) electrons. The van der Waals surface area contributed by atoms with Crippen molar-refractivity contribution in [1.82, 2.24) is 9.88 Å². The fourth-order valence-electron chi connectivity index (χ4n) is 2.17. The van der Waals surface area contributed by atoms with Crippen molar-refractivity contribution in [2.24, 2.45) is 5.73 Å². The van der Waals surface area contributed by atoms with Gasteiger partial charge in [-0.1, -0.05) is 6.07 Å². The molecule has 142 valence electrons. The van der Waals surface area contributed by atoms with Gasteiger partial charge in [0.25, 0.3) is 0 Å². The number of carbonyl (C=O) groups is 1. The quantitative estimate of drug-likeness (QED) is 0.365. The summed E-state index contributed by atoms with van der Waals surface area (Å²) in [6.07, 6.45) is 1.01. The van der Waals surface area contributed by atoms with Gasteiger partial charge in [0.2, 0.25) is 0 Å². The highest BCUT2D eigenvalue weighted by Crippen LogP contribution is 2.05. The second-order valence-corrected chi connectivity index (χ2v) is 6.60. The molecule has 0 atom stereocenters. The van der Waals surface area contributed by atoms with Crippen LogP contribution in [0.5, 0.6) is 0 Å². The van der Waals surface area contributed by atoms with Gasteiger partial charge in [-0.3, -0.25) is 4.90 Å². The number of ether oxygens (including phenoxy) is 2. The van der Waals surface area contributed by atoms with Gasteiger partial charge in [-0.25, -0.2) is 9.78 Å². The molecule has 0 saturated carbocycles. The van der Waals surface area contributed by atoms with Crippen LogP contribution in [0.4, 0.5) is 0 Å². The molecule has 8 heteroatoms. The molecule has 0 aliphatic rings. The number of aliphatic hydroxyl groups excluding tert-OH is 1. The first-order chi connectivity index (χ1) is 12.2. The Balaban J connectivity index is 2.35. The number of hydrogen-bond acceptors (Lipinski definition) is 8. The zero-order chi connectivity index (χ0) is 18.3. The Kier molecular flexibility index (Phi) is 12.3. The predicted molar refractivity (Wildman–Crippen MR) is 99.8 cm³/mol. The number of thioether (sulfide) groups is 1. The third kappa shape index (κ3) is 9.76. The third-order valence-electron chi connectivity index (χ3n) is 3.39. The summed E-state index contributed by atoms with van der Waals surface area (Å²) in [5.41, 5.74) is 6.49. The van der Waals surface area contributed by atoms with E-state index in [1.54, 1.807) is 12.1 Å². The topological polar surface area (TPSA) is 97.9 Å². The molecule has 0 aliphatic heterocycles. The number of carbonyl (C=O) groups excluding carboxylic acids is 1. The Bertz CT molecular complexity index is 491. The molecule has 7 nitrogen and oxygen atoms in total. The van der Waals surface area contributed by atoms with E-state index in [1.165, 1.54) is 7.11 Å². The Hall–Kier alpha value is -1.19. The van der Waals surface area contributed by atoms with Gasteiger partial charge in [-0.2, -0.15) is 11.8 Å². The lowest BCUT2D eigenvalue weighted by molar-refractivity contribution is 0.0592. The summed E-state index contributed by atoms with van der Waals surface area (Å²) in [6.45, 7) is 3.86. The molecule has 0 unspecified atom stereocenters. The number of esters is 1. The van der Waals surface area contributed by atoms with Gasteiger partial charge >= 0.3 is 5.97 Å². The van der Waals surface area contributed by atoms with Crippen molar-refractivity contribution in [2.45, 2.75) is 13.0 Å². The summed E-state index contributed by atoms with van der Waals surface area (Å²) in [5.74, 6) is 1.59. The van der Waals surface area contributed by atoms with Crippen LogP contribution in [0.15, 0.2) is 18.2 Å². The summed E-state index contributed by atoms with van der Waals surface area (Å²) < 4.78 is 10.3. The molecule has 1 aromatic heterocycles. The fourth-order valence-corrected chi connectivity index (χ4v) is 2.86. The average molecular weight is 372 g/mol. The molecule has 3 N–H and O–H groups in total. The number of rotatable bonds is 14. The Morgan fingerprint density at radius 2 is 2.16 bits per heavy atom. The van der Waals surface area contributed by atoms with E-state index in [0.717, 1.165) is 30.2 Å². The lowest BCUT2D eigenvalue weighted by Crippen LogP contribution is -2.30. The summed E-state index contributed by atoms with van der Waals surface area (Å²) in [7, 11) is 1.33. The van der Waals surface area contributed by atoms with Gasteiger partial charge in [-0.05, 0) is 24.3 Å². The van der Waals surface area contributed by atoms with Crippen LogP contribution in [-0.2, 0) is 16.0 Å². The van der Waals surface area contributed by atoms with Gasteiger partial charge in [-0.15, -0.1) is 0 Å². The molecule has 0 saturated heterocycles. The maximum atomic E-state index is 11.5. The van der Waals surface area contributed by atoms with Crippen LogP contribution in [0, 0.1) is 0 Å². The van der Waals surface area contributed by atoms with Crippen LogP contribution in [0.1, 0.15) is 22.6 Å². The highest BCUT2D eigenvalue weighted by atomic mass is 32.2. The lowest BCUT2D eigenvalue weighted by atomic mass is 10.3. The minimum Gasteiger partial charge on any atom is -0.464 e. The molecule has 1 aromatic rings. The summed E-state index contributed by atoms with van der Waals surface area (Å²) >= 11 is 1.84. The molecular weight excluding hydrogens is 342 g/mol. The second-order valence-electron chi connectivity index (χ2n) is 5.37. The number of aromatic nitrogens is 1. The molecule has 0 aromatic carbocycles. The number of aliphatic hydroxyl groups is 1. The molecule has 0 aliphatic carbocycles. The second kappa shape index (κ2) is 14.0. The number of nitrogens with two attached hydrogens (primary N) is 1. The maximum Gasteiger partial charge on any atom is 0.356 e. The highest BCUT2D eigenvalue weighted by Gasteiger charge is 2.10. The van der Waals surface area contributed by atoms with Crippen molar-refractivity contribution in [3.8, 4) is 0 Å². The Labute approximate surface area is 153 Å². The first-order valence-corrected chi connectivity index (χ1v) is 9.59. The zero-order valence-electron chi connectivity index (χ0n) is 14.9. The summed E-state index contributed by atoms with van der Waals surface area (Å²) in [6, 6.07) is 5.26. The van der Waals surface area contributed by atoms with Crippen molar-refractivity contribution in [3.63, 3.8) is 0 Å². The largest absolute Gasteiger partial charge is 0.464 e. The molecule has 0 amide bonds. The van der Waals surface area contributed by atoms with Crippen molar-refractivity contribution in [2.75, 3.05) is 58.1 Å². The summed E-state index contributed by atoms with van der Waals surface area (Å²) in [4.78, 5) is 17.9. The van der Waals surface area contributed by atoms with Gasteiger partial charge in [0, 0.05) is 38.5 Å². The first-order valence-electron chi connectivity index (χ1n) is 8.44. The minimum absolute atomic E-state index is 0.0619. The molecule has 25 heavy (non-hydrogen) atoms. The summed E-state index contributed by atoms with van der Waals surface area (Å²) in [5, 5.41) is 9.23. The number of hydrogen-bond donors (Lipinski definition) is 2. The SMILES string of the molecule is COC(=O)c1cccc(CN(CCO)CCOCCCSCCN)n1. The molecule has 0 spiro atoms. The molecule has 1 rings (SSSR count). The van der Waals surface area contributed by atoms with Crippen molar-refractivity contribution >= 4 is 17.7 Å². The third-order valence-corrected chi connectivity index (χ3v) is 4.50. The van der Waals surface area contributed by atoms with E-state index in [4.69, 9.17) is 10.5 Å². The molecule has 0 fully saturated rings. The minimum atomic E-state index is -0.452. The van der Waals surface area contributed by atoms with E-state index in [2.05, 4.69) is 9.72 Å². The van der Waals surface area contributed by atoms with Crippen molar-refractivity contribution in [3.05, 3.63) is 29.6 Å². The lowest BCUT2D eigenvalue weighted by Gasteiger charge is -2.21. The van der Waals surface area contributed by atoms with Crippen LogP contribution in [0.2, 0.25) is 0 Å². The van der Waals surface area contributed by atoms with Gasteiger partial charge in [0.15, 0.2) is 0 Å². The van der Waals surface area contributed by atoms with E-state index >= 15 is 0 Å². The van der Waals surface area contributed by atoms with Crippen LogP contribution >= 0.6 is 11.8 Å². The van der Waals surface area contributed by atoms with Crippen LogP contribution in [0.3, 0.4) is 0 Å². The number of nitrogens with zero attached hydrogens (tertiary/aromatic N) is 2. The smallest absolute Gasteiger partial charge is 0.356 e. The van der Waals surface area contributed by atoms with E-state index in [0.29, 0.717) is 32.8 Å². The highest BCUT2D eigenvalue weighted by molar-refractivity contribution is 7.99. The molecule has 1 heterocycles. The maximum absolute atomic E-state index is 11.5. The standard InChI is InChI=1S/C17H29N3O4S/c1-23-17(22)16-5-2-4-15(19-16)14-20(7-9-21)8-11-24-10-3-12-25-13-6-18/h2,4-5,21H,3,6-14,18H2,1H3. The van der Waals surface area contributed by atoms with Crippen molar-refractivity contribution < 1.29 is 19.4 Å². The fraction of sp³-hybridized carbons (Fsp3) is 0.647. The van der Waals surface area contributed by atoms with E-state index in [9.17, 15) is 9.90 Å². The number of pyridine rings is 1. The number of methoxy groups -OCH3 is 1. The van der Waals surface area contributed by atoms with Crippen LogP contribution in [0.25, 0.3) is 0 Å².